The van der Waals surface area contributed by atoms with E-state index in [1.165, 1.54) is 5.69 Å². The van der Waals surface area contributed by atoms with Gasteiger partial charge in [0.25, 0.3) is 0 Å². The number of amides is 1. The molecule has 0 atom stereocenters. The Labute approximate surface area is 126 Å². The number of nitrogens with zero attached hydrogens (tertiary/aromatic N) is 3. The fourth-order valence-electron chi connectivity index (χ4n) is 2.73. The van der Waals surface area contributed by atoms with Crippen LogP contribution >= 0.6 is 0 Å². The van der Waals surface area contributed by atoms with Gasteiger partial charge >= 0.3 is 6.09 Å². The Morgan fingerprint density at radius 2 is 2.19 bits per heavy atom. The van der Waals surface area contributed by atoms with Crippen molar-refractivity contribution in [3.8, 4) is 0 Å². The molecular weight excluding hydrogens is 268 g/mol. The highest BCUT2D eigenvalue weighted by molar-refractivity contribution is 5.67. The van der Waals surface area contributed by atoms with Gasteiger partial charge in [0.1, 0.15) is 0 Å². The Morgan fingerprint density at radius 1 is 1.43 bits per heavy atom. The highest BCUT2D eigenvalue weighted by Crippen LogP contribution is 2.24. The maximum atomic E-state index is 11.7. The molecule has 6 nitrogen and oxygen atoms in total. The van der Waals surface area contributed by atoms with Crippen molar-refractivity contribution < 1.29 is 9.53 Å². The molecule has 0 unspecified atom stereocenters. The van der Waals surface area contributed by atoms with Gasteiger partial charge < -0.3 is 19.5 Å². The van der Waals surface area contributed by atoms with E-state index in [1.54, 1.807) is 4.90 Å². The molecule has 118 valence electrons. The third-order valence-electron chi connectivity index (χ3n) is 3.86. The number of hydrogen-bond donors (Lipinski definition) is 1. The summed E-state index contributed by atoms with van der Waals surface area (Å²) in [6.07, 6.45) is 6.69. The number of imidazole rings is 1. The molecular formula is C15H26N4O2. The summed E-state index contributed by atoms with van der Waals surface area (Å²) in [7, 11) is 0. The van der Waals surface area contributed by atoms with Crippen LogP contribution in [0.4, 0.5) is 4.79 Å². The van der Waals surface area contributed by atoms with Crippen molar-refractivity contribution in [3.63, 3.8) is 0 Å². The Bertz CT molecular complexity index is 439. The first kappa shape index (κ1) is 15.8. The first-order valence-corrected chi connectivity index (χ1v) is 7.89. The monoisotopic (exact) mass is 294 g/mol. The molecule has 1 aliphatic rings. The van der Waals surface area contributed by atoms with Crippen LogP contribution in [0.25, 0.3) is 0 Å². The number of carbonyl (C=O) groups excluding carboxylic acids is 1. The number of ether oxygens (including phenoxy) is 1. The van der Waals surface area contributed by atoms with Gasteiger partial charge in [-0.1, -0.05) is 6.92 Å². The largest absolute Gasteiger partial charge is 0.450 e. The van der Waals surface area contributed by atoms with Crippen LogP contribution in [0.15, 0.2) is 12.5 Å². The number of rotatable bonds is 6. The number of nitrogens with one attached hydrogen (secondary N) is 1. The minimum absolute atomic E-state index is 0.189. The topological polar surface area (TPSA) is 59.4 Å². The van der Waals surface area contributed by atoms with Crippen molar-refractivity contribution >= 4 is 6.09 Å². The fourth-order valence-corrected chi connectivity index (χ4v) is 2.73. The van der Waals surface area contributed by atoms with E-state index in [0.29, 0.717) is 12.6 Å². The van der Waals surface area contributed by atoms with Crippen molar-refractivity contribution in [2.24, 2.45) is 0 Å². The number of piperidine rings is 1. The second kappa shape index (κ2) is 8.02. The van der Waals surface area contributed by atoms with Gasteiger partial charge in [0.05, 0.1) is 18.6 Å². The highest BCUT2D eigenvalue weighted by Gasteiger charge is 2.25. The van der Waals surface area contributed by atoms with Gasteiger partial charge in [-0.25, -0.2) is 9.78 Å². The van der Waals surface area contributed by atoms with Crippen molar-refractivity contribution in [2.75, 3.05) is 26.2 Å². The third-order valence-corrected chi connectivity index (χ3v) is 3.86. The van der Waals surface area contributed by atoms with Crippen LogP contribution in [0.5, 0.6) is 0 Å². The predicted octanol–water partition coefficient (Wildman–Crippen LogP) is 2.18. The summed E-state index contributed by atoms with van der Waals surface area (Å²) in [6.45, 7) is 7.82. The quantitative estimate of drug-likeness (QED) is 0.817. The zero-order chi connectivity index (χ0) is 15.1. The first-order chi connectivity index (χ1) is 10.3. The summed E-state index contributed by atoms with van der Waals surface area (Å²) in [5.41, 5.74) is 1.22. The van der Waals surface area contributed by atoms with Gasteiger partial charge in [0.2, 0.25) is 0 Å². The first-order valence-electron chi connectivity index (χ1n) is 7.89. The number of aromatic nitrogens is 2. The van der Waals surface area contributed by atoms with E-state index >= 15 is 0 Å². The summed E-state index contributed by atoms with van der Waals surface area (Å²) in [6, 6.07) is 0.427. The molecule has 0 aromatic carbocycles. The normalized spacial score (nSPS) is 16.2. The minimum atomic E-state index is -0.189. The van der Waals surface area contributed by atoms with E-state index in [2.05, 4.69) is 21.8 Å². The Hall–Kier alpha value is -1.56. The predicted molar refractivity (Wildman–Crippen MR) is 81.1 cm³/mol. The zero-order valence-corrected chi connectivity index (χ0v) is 13.0. The summed E-state index contributed by atoms with van der Waals surface area (Å²) in [5, 5.41) is 3.42. The Morgan fingerprint density at radius 3 is 2.86 bits per heavy atom. The molecule has 1 fully saturated rings. The second-order valence-corrected chi connectivity index (χ2v) is 5.39. The molecule has 0 saturated carbocycles. The van der Waals surface area contributed by atoms with Crippen molar-refractivity contribution in [3.05, 3.63) is 18.2 Å². The van der Waals surface area contributed by atoms with Crippen LogP contribution in [-0.2, 0) is 11.3 Å². The van der Waals surface area contributed by atoms with E-state index in [0.717, 1.165) is 45.4 Å². The average molecular weight is 294 g/mol. The van der Waals surface area contributed by atoms with Crippen LogP contribution in [0.2, 0.25) is 0 Å². The second-order valence-electron chi connectivity index (χ2n) is 5.39. The lowest BCUT2D eigenvalue weighted by Crippen LogP contribution is -2.39. The lowest BCUT2D eigenvalue weighted by molar-refractivity contribution is 0.0924. The van der Waals surface area contributed by atoms with Gasteiger partial charge in [-0.15, -0.1) is 0 Å². The molecule has 0 spiro atoms. The third kappa shape index (κ3) is 4.20. The molecule has 1 aromatic heterocycles. The van der Waals surface area contributed by atoms with Gasteiger partial charge in [-0.05, 0) is 32.7 Å². The standard InChI is InChI=1S/C15H26N4O2/c1-3-7-16-10-14-11-17-12-19(14)13-5-8-18(9-6-13)15(20)21-4-2/h11-13,16H,3-10H2,1-2H3. The molecule has 1 aromatic rings. The summed E-state index contributed by atoms with van der Waals surface area (Å²) in [5.74, 6) is 0. The summed E-state index contributed by atoms with van der Waals surface area (Å²) in [4.78, 5) is 17.8. The van der Waals surface area contributed by atoms with Crippen LogP contribution in [0, 0.1) is 0 Å². The highest BCUT2D eigenvalue weighted by atomic mass is 16.6. The molecule has 21 heavy (non-hydrogen) atoms. The van der Waals surface area contributed by atoms with Crippen molar-refractivity contribution in [1.29, 1.82) is 0 Å². The number of hydrogen-bond acceptors (Lipinski definition) is 4. The molecule has 1 amide bonds. The molecule has 2 rings (SSSR count). The molecule has 0 bridgehead atoms. The van der Waals surface area contributed by atoms with Crippen LogP contribution in [0.3, 0.4) is 0 Å². The average Bonchev–Trinajstić information content (AvgIpc) is 2.96. The lowest BCUT2D eigenvalue weighted by Gasteiger charge is -2.32. The van der Waals surface area contributed by atoms with Gasteiger partial charge in [0, 0.05) is 31.9 Å². The zero-order valence-electron chi connectivity index (χ0n) is 13.0. The molecule has 0 radical (unpaired) electrons. The fraction of sp³-hybridized carbons (Fsp3) is 0.733. The minimum Gasteiger partial charge on any atom is -0.450 e. The Balaban J connectivity index is 1.87. The Kier molecular flexibility index (Phi) is 6.04. The number of likely N-dealkylation sites (tertiary alicyclic amines) is 1. The van der Waals surface area contributed by atoms with E-state index in [9.17, 15) is 4.79 Å². The molecule has 1 saturated heterocycles. The SMILES string of the molecule is CCCNCc1cncn1C1CCN(C(=O)OCC)CC1. The van der Waals surface area contributed by atoms with Crippen LogP contribution in [-0.4, -0.2) is 46.8 Å². The molecule has 1 N–H and O–H groups in total. The molecule has 6 heteroatoms. The van der Waals surface area contributed by atoms with E-state index in [1.807, 2.05) is 19.4 Å². The van der Waals surface area contributed by atoms with Gasteiger partial charge in [-0.3, -0.25) is 0 Å². The van der Waals surface area contributed by atoms with Crippen LogP contribution < -0.4 is 5.32 Å². The van der Waals surface area contributed by atoms with E-state index < -0.39 is 0 Å². The van der Waals surface area contributed by atoms with E-state index in [-0.39, 0.29) is 6.09 Å². The van der Waals surface area contributed by atoms with Crippen molar-refractivity contribution in [1.82, 2.24) is 19.8 Å². The van der Waals surface area contributed by atoms with Gasteiger partial charge in [-0.2, -0.15) is 0 Å². The van der Waals surface area contributed by atoms with Crippen molar-refractivity contribution in [2.45, 2.75) is 45.7 Å². The van der Waals surface area contributed by atoms with Crippen LogP contribution in [0.1, 0.15) is 44.8 Å². The van der Waals surface area contributed by atoms with Gasteiger partial charge in [0.15, 0.2) is 0 Å². The molecule has 2 heterocycles. The summed E-state index contributed by atoms with van der Waals surface area (Å²) < 4.78 is 7.31. The maximum Gasteiger partial charge on any atom is 0.409 e. The maximum absolute atomic E-state index is 11.7. The van der Waals surface area contributed by atoms with E-state index in [4.69, 9.17) is 4.74 Å². The molecule has 1 aliphatic heterocycles. The summed E-state index contributed by atoms with van der Waals surface area (Å²) >= 11 is 0. The smallest absolute Gasteiger partial charge is 0.409 e. The lowest BCUT2D eigenvalue weighted by atomic mass is 10.0. The molecule has 0 aliphatic carbocycles. The number of carbonyl (C=O) groups is 1.